The lowest BCUT2D eigenvalue weighted by atomic mass is 10.1. The number of aromatic nitrogens is 1. The third-order valence-corrected chi connectivity index (χ3v) is 3.94. The van der Waals surface area contributed by atoms with Crippen molar-refractivity contribution in [3.05, 3.63) is 22.8 Å². The molecule has 1 aromatic rings. The number of pyridine rings is 1. The summed E-state index contributed by atoms with van der Waals surface area (Å²) in [5.41, 5.74) is 0.938. The van der Waals surface area contributed by atoms with E-state index in [0.717, 1.165) is 29.6 Å². The summed E-state index contributed by atoms with van der Waals surface area (Å²) < 4.78 is 0. The minimum absolute atomic E-state index is 0.573. The van der Waals surface area contributed by atoms with E-state index < -0.39 is 0 Å². The van der Waals surface area contributed by atoms with Gasteiger partial charge in [-0.05, 0) is 38.9 Å². The van der Waals surface area contributed by atoms with E-state index in [2.05, 4.69) is 17.1 Å². The van der Waals surface area contributed by atoms with Crippen LogP contribution in [-0.2, 0) is 6.54 Å². The van der Waals surface area contributed by atoms with Gasteiger partial charge >= 0.3 is 0 Å². The Morgan fingerprint density at radius 2 is 2.22 bits per heavy atom. The highest BCUT2D eigenvalue weighted by Gasteiger charge is 2.18. The van der Waals surface area contributed by atoms with Crippen molar-refractivity contribution in [1.29, 1.82) is 0 Å². The van der Waals surface area contributed by atoms with Gasteiger partial charge in [-0.25, -0.2) is 4.98 Å². The van der Waals surface area contributed by atoms with E-state index in [9.17, 15) is 0 Å². The summed E-state index contributed by atoms with van der Waals surface area (Å²) in [5.74, 6) is 1.07. The predicted octanol–water partition coefficient (Wildman–Crippen LogP) is 3.22. The summed E-state index contributed by atoms with van der Waals surface area (Å²) in [6, 6.07) is 4.58. The topological polar surface area (TPSA) is 28.2 Å². The Bertz CT molecular complexity index is 395. The fraction of sp³-hybridized carbons (Fsp3) is 0.643. The number of halogens is 1. The molecule has 1 unspecified atom stereocenters. The molecular weight excluding hydrogens is 246 g/mol. The second-order valence-corrected chi connectivity index (χ2v) is 5.43. The Hall–Kier alpha value is -0.800. The molecule has 0 bridgehead atoms. The molecule has 1 aliphatic heterocycles. The van der Waals surface area contributed by atoms with Gasteiger partial charge in [0.1, 0.15) is 5.82 Å². The molecule has 4 heteroatoms. The van der Waals surface area contributed by atoms with Crippen LogP contribution in [0.1, 0.15) is 38.3 Å². The van der Waals surface area contributed by atoms with E-state index in [4.69, 9.17) is 16.6 Å². The molecular formula is C14H22ClN3. The Morgan fingerprint density at radius 3 is 3.00 bits per heavy atom. The first kappa shape index (κ1) is 13.6. The molecule has 0 aliphatic carbocycles. The van der Waals surface area contributed by atoms with Crippen LogP contribution in [0.2, 0.25) is 5.02 Å². The molecule has 1 fully saturated rings. The number of hydrogen-bond donors (Lipinski definition) is 1. The van der Waals surface area contributed by atoms with Crippen molar-refractivity contribution >= 4 is 17.4 Å². The lowest BCUT2D eigenvalue weighted by Crippen LogP contribution is -2.33. The van der Waals surface area contributed by atoms with Gasteiger partial charge in [0.2, 0.25) is 0 Å². The fourth-order valence-electron chi connectivity index (χ4n) is 2.54. The molecule has 2 heterocycles. The highest BCUT2D eigenvalue weighted by Crippen LogP contribution is 2.25. The molecule has 1 aromatic heterocycles. The summed E-state index contributed by atoms with van der Waals surface area (Å²) in [6.07, 6.45) is 5.17. The minimum Gasteiger partial charge on any atom is -0.354 e. The molecule has 18 heavy (non-hydrogen) atoms. The second kappa shape index (κ2) is 6.39. The first-order valence-electron chi connectivity index (χ1n) is 6.79. The normalized spacial score (nSPS) is 20.8. The SMILES string of the molecule is CNCc1nc(N2CCCCCC2C)ccc1Cl. The Morgan fingerprint density at radius 1 is 1.39 bits per heavy atom. The zero-order valence-corrected chi connectivity index (χ0v) is 12.0. The van der Waals surface area contributed by atoms with Crippen molar-refractivity contribution in [2.24, 2.45) is 0 Å². The lowest BCUT2D eigenvalue weighted by molar-refractivity contribution is 0.609. The summed E-state index contributed by atoms with van der Waals surface area (Å²) in [4.78, 5) is 7.13. The minimum atomic E-state index is 0.573. The number of anilines is 1. The van der Waals surface area contributed by atoms with E-state index in [1.54, 1.807) is 0 Å². The smallest absolute Gasteiger partial charge is 0.129 e. The van der Waals surface area contributed by atoms with E-state index in [1.807, 2.05) is 19.2 Å². The molecule has 3 nitrogen and oxygen atoms in total. The average Bonchev–Trinajstić information content (AvgIpc) is 2.57. The van der Waals surface area contributed by atoms with Crippen LogP contribution in [0.5, 0.6) is 0 Å². The average molecular weight is 268 g/mol. The van der Waals surface area contributed by atoms with Crippen LogP contribution in [-0.4, -0.2) is 24.6 Å². The molecule has 0 amide bonds. The summed E-state index contributed by atoms with van der Waals surface area (Å²) in [7, 11) is 1.92. The number of nitrogens with one attached hydrogen (secondary N) is 1. The van der Waals surface area contributed by atoms with Gasteiger partial charge in [-0.3, -0.25) is 0 Å². The molecule has 2 rings (SSSR count). The van der Waals surface area contributed by atoms with Crippen molar-refractivity contribution < 1.29 is 0 Å². The first-order valence-corrected chi connectivity index (χ1v) is 7.17. The van der Waals surface area contributed by atoms with E-state index in [1.165, 1.54) is 25.7 Å². The van der Waals surface area contributed by atoms with E-state index in [0.29, 0.717) is 6.04 Å². The fourth-order valence-corrected chi connectivity index (χ4v) is 2.71. The van der Waals surface area contributed by atoms with Crippen molar-refractivity contribution in [1.82, 2.24) is 10.3 Å². The largest absolute Gasteiger partial charge is 0.354 e. The molecule has 1 atom stereocenters. The maximum Gasteiger partial charge on any atom is 0.129 e. The maximum atomic E-state index is 6.16. The number of rotatable bonds is 3. The highest BCUT2D eigenvalue weighted by atomic mass is 35.5. The molecule has 0 spiro atoms. The van der Waals surface area contributed by atoms with Gasteiger partial charge < -0.3 is 10.2 Å². The summed E-state index contributed by atoms with van der Waals surface area (Å²) in [5, 5.41) is 3.86. The third kappa shape index (κ3) is 3.15. The summed E-state index contributed by atoms with van der Waals surface area (Å²) in [6.45, 7) is 4.11. The molecule has 100 valence electrons. The van der Waals surface area contributed by atoms with Gasteiger partial charge in [0, 0.05) is 19.1 Å². The van der Waals surface area contributed by atoms with Crippen molar-refractivity contribution in [3.63, 3.8) is 0 Å². The van der Waals surface area contributed by atoms with Crippen LogP contribution < -0.4 is 10.2 Å². The predicted molar refractivity (Wildman–Crippen MR) is 77.3 cm³/mol. The van der Waals surface area contributed by atoms with Crippen LogP contribution in [0.4, 0.5) is 5.82 Å². The van der Waals surface area contributed by atoms with Gasteiger partial charge in [-0.15, -0.1) is 0 Å². The first-order chi connectivity index (χ1) is 8.72. The van der Waals surface area contributed by atoms with Crippen molar-refractivity contribution in [2.45, 2.75) is 45.2 Å². The Kier molecular flexibility index (Phi) is 4.84. The lowest BCUT2D eigenvalue weighted by Gasteiger charge is -2.28. The van der Waals surface area contributed by atoms with Gasteiger partial charge in [-0.2, -0.15) is 0 Å². The zero-order valence-electron chi connectivity index (χ0n) is 11.2. The highest BCUT2D eigenvalue weighted by molar-refractivity contribution is 6.31. The summed E-state index contributed by atoms with van der Waals surface area (Å²) >= 11 is 6.16. The van der Waals surface area contributed by atoms with Crippen LogP contribution in [0.25, 0.3) is 0 Å². The maximum absolute atomic E-state index is 6.16. The molecule has 0 saturated carbocycles. The quantitative estimate of drug-likeness (QED) is 0.911. The van der Waals surface area contributed by atoms with E-state index >= 15 is 0 Å². The van der Waals surface area contributed by atoms with Crippen LogP contribution in [0.15, 0.2) is 12.1 Å². The monoisotopic (exact) mass is 267 g/mol. The number of nitrogens with zero attached hydrogens (tertiary/aromatic N) is 2. The van der Waals surface area contributed by atoms with Crippen LogP contribution in [0, 0.1) is 0 Å². The third-order valence-electron chi connectivity index (χ3n) is 3.60. The molecule has 0 radical (unpaired) electrons. The van der Waals surface area contributed by atoms with Gasteiger partial charge in [0.05, 0.1) is 10.7 Å². The second-order valence-electron chi connectivity index (χ2n) is 5.02. The molecule has 1 aliphatic rings. The Balaban J connectivity index is 2.23. The van der Waals surface area contributed by atoms with Gasteiger partial charge in [-0.1, -0.05) is 24.4 Å². The zero-order chi connectivity index (χ0) is 13.0. The molecule has 1 saturated heterocycles. The van der Waals surface area contributed by atoms with Crippen LogP contribution in [0.3, 0.4) is 0 Å². The van der Waals surface area contributed by atoms with Crippen molar-refractivity contribution in [3.8, 4) is 0 Å². The van der Waals surface area contributed by atoms with Gasteiger partial charge in [0.25, 0.3) is 0 Å². The molecule has 0 aromatic carbocycles. The van der Waals surface area contributed by atoms with Crippen molar-refractivity contribution in [2.75, 3.05) is 18.5 Å². The molecule has 1 N–H and O–H groups in total. The standard InChI is InChI=1S/C14H22ClN3/c1-11-6-4-3-5-9-18(11)14-8-7-12(15)13(17-14)10-16-2/h7-8,11,16H,3-6,9-10H2,1-2H3. The van der Waals surface area contributed by atoms with E-state index in [-0.39, 0.29) is 0 Å². The Labute approximate surface area is 115 Å². The van der Waals surface area contributed by atoms with Crippen LogP contribution >= 0.6 is 11.6 Å². The number of hydrogen-bond acceptors (Lipinski definition) is 3. The van der Waals surface area contributed by atoms with Gasteiger partial charge in [0.15, 0.2) is 0 Å².